The van der Waals surface area contributed by atoms with Crippen molar-refractivity contribution in [1.29, 1.82) is 0 Å². The van der Waals surface area contributed by atoms with Gasteiger partial charge in [0.2, 0.25) is 5.91 Å². The monoisotopic (exact) mass is 282 g/mol. The van der Waals surface area contributed by atoms with E-state index in [4.69, 9.17) is 5.73 Å². The van der Waals surface area contributed by atoms with E-state index in [-0.39, 0.29) is 29.6 Å². The van der Waals surface area contributed by atoms with Crippen LogP contribution in [0.15, 0.2) is 0 Å². The van der Waals surface area contributed by atoms with Crippen LogP contribution in [0.4, 0.5) is 0 Å². The number of amides is 1. The summed E-state index contributed by atoms with van der Waals surface area (Å²) in [6.45, 7) is 0.584. The first-order chi connectivity index (χ1) is 7.31. The second kappa shape index (κ2) is 6.99. The van der Waals surface area contributed by atoms with E-state index in [0.717, 1.165) is 11.5 Å². The number of nitrogens with two attached hydrogens (primary N) is 1. The summed E-state index contributed by atoms with van der Waals surface area (Å²) in [5, 5.41) is 3.25. The third-order valence-electron chi connectivity index (χ3n) is 2.88. The SMILES string of the molecule is Cl.NCC(NC(=O)C1CSCCS1)C1CC1. The van der Waals surface area contributed by atoms with Gasteiger partial charge in [0.1, 0.15) is 0 Å². The van der Waals surface area contributed by atoms with Gasteiger partial charge >= 0.3 is 0 Å². The van der Waals surface area contributed by atoms with E-state index in [1.165, 1.54) is 18.6 Å². The number of hydrogen-bond donors (Lipinski definition) is 2. The van der Waals surface area contributed by atoms with Gasteiger partial charge in [-0.3, -0.25) is 4.79 Å². The maximum atomic E-state index is 11.9. The van der Waals surface area contributed by atoms with Gasteiger partial charge in [-0.05, 0) is 18.8 Å². The van der Waals surface area contributed by atoms with E-state index < -0.39 is 0 Å². The molecule has 0 aromatic heterocycles. The van der Waals surface area contributed by atoms with Crippen molar-refractivity contribution in [2.75, 3.05) is 23.8 Å². The Hall–Kier alpha value is 0.420. The summed E-state index contributed by atoms with van der Waals surface area (Å²) in [4.78, 5) is 11.9. The van der Waals surface area contributed by atoms with E-state index in [9.17, 15) is 4.79 Å². The smallest absolute Gasteiger partial charge is 0.234 e. The fraction of sp³-hybridized carbons (Fsp3) is 0.900. The summed E-state index contributed by atoms with van der Waals surface area (Å²) in [5.74, 6) is 4.09. The number of hydrogen-bond acceptors (Lipinski definition) is 4. The van der Waals surface area contributed by atoms with Crippen LogP contribution in [-0.2, 0) is 4.79 Å². The molecule has 1 amide bonds. The van der Waals surface area contributed by atoms with Gasteiger partial charge in [-0.2, -0.15) is 11.8 Å². The predicted octanol–water partition coefficient (Wildman–Crippen LogP) is 1.11. The van der Waals surface area contributed by atoms with Crippen LogP contribution in [0.5, 0.6) is 0 Å². The van der Waals surface area contributed by atoms with Crippen LogP contribution in [0.3, 0.4) is 0 Å². The van der Waals surface area contributed by atoms with E-state index in [1.54, 1.807) is 11.8 Å². The molecule has 2 fully saturated rings. The molecule has 2 rings (SSSR count). The van der Waals surface area contributed by atoms with Gasteiger partial charge in [-0.15, -0.1) is 24.2 Å². The Morgan fingerprint density at radius 2 is 2.19 bits per heavy atom. The van der Waals surface area contributed by atoms with Crippen LogP contribution in [-0.4, -0.2) is 41.0 Å². The molecule has 94 valence electrons. The average Bonchev–Trinajstić information content (AvgIpc) is 3.10. The zero-order valence-electron chi connectivity index (χ0n) is 9.19. The summed E-state index contributed by atoms with van der Waals surface area (Å²) in [5.41, 5.74) is 5.66. The molecule has 2 atom stereocenters. The molecule has 16 heavy (non-hydrogen) atoms. The third kappa shape index (κ3) is 4.02. The number of nitrogens with one attached hydrogen (secondary N) is 1. The number of carbonyl (C=O) groups is 1. The molecule has 1 saturated heterocycles. The largest absolute Gasteiger partial charge is 0.351 e. The van der Waals surface area contributed by atoms with E-state index in [0.29, 0.717) is 12.5 Å². The zero-order chi connectivity index (χ0) is 10.7. The third-order valence-corrected chi connectivity index (χ3v) is 5.64. The molecule has 3 N–H and O–H groups in total. The Labute approximate surface area is 111 Å². The second-order valence-corrected chi connectivity index (χ2v) is 6.58. The van der Waals surface area contributed by atoms with Gasteiger partial charge in [-0.1, -0.05) is 0 Å². The van der Waals surface area contributed by atoms with Crippen molar-refractivity contribution in [3.8, 4) is 0 Å². The van der Waals surface area contributed by atoms with Crippen molar-refractivity contribution in [1.82, 2.24) is 5.32 Å². The number of thioether (sulfide) groups is 2. The molecular weight excluding hydrogens is 264 g/mol. The number of rotatable bonds is 4. The lowest BCUT2D eigenvalue weighted by Gasteiger charge is -2.23. The molecule has 0 aromatic rings. The Kier molecular flexibility index (Phi) is 6.32. The van der Waals surface area contributed by atoms with Gasteiger partial charge in [0.25, 0.3) is 0 Å². The maximum Gasteiger partial charge on any atom is 0.234 e. The first kappa shape index (κ1) is 14.5. The molecule has 0 radical (unpaired) electrons. The molecule has 1 aliphatic carbocycles. The highest BCUT2D eigenvalue weighted by atomic mass is 35.5. The average molecular weight is 283 g/mol. The Morgan fingerprint density at radius 3 is 2.69 bits per heavy atom. The summed E-state index contributed by atoms with van der Waals surface area (Å²) in [6, 6.07) is 0.227. The first-order valence-corrected chi connectivity index (χ1v) is 7.71. The van der Waals surface area contributed by atoms with Crippen LogP contribution >= 0.6 is 35.9 Å². The van der Waals surface area contributed by atoms with Gasteiger partial charge < -0.3 is 11.1 Å². The molecule has 0 spiro atoms. The first-order valence-electron chi connectivity index (χ1n) is 5.51. The minimum atomic E-state index is 0. The standard InChI is InChI=1S/C10H18N2OS2.ClH/c11-5-8(7-1-2-7)12-10(13)9-6-14-3-4-15-9;/h7-9H,1-6,11H2,(H,12,13);1H. The summed E-state index contributed by atoms with van der Waals surface area (Å²) in [6.07, 6.45) is 2.46. The Balaban J connectivity index is 0.00000128. The lowest BCUT2D eigenvalue weighted by molar-refractivity contribution is -0.121. The highest BCUT2D eigenvalue weighted by Gasteiger charge is 2.33. The molecular formula is C10H19ClN2OS2. The minimum absolute atomic E-state index is 0. The predicted molar refractivity (Wildman–Crippen MR) is 74.5 cm³/mol. The van der Waals surface area contributed by atoms with E-state index in [2.05, 4.69) is 5.32 Å². The number of halogens is 1. The van der Waals surface area contributed by atoms with Crippen LogP contribution in [0, 0.1) is 5.92 Å². The van der Waals surface area contributed by atoms with Crippen molar-refractivity contribution in [3.05, 3.63) is 0 Å². The van der Waals surface area contributed by atoms with Crippen LogP contribution in [0.1, 0.15) is 12.8 Å². The maximum absolute atomic E-state index is 11.9. The lowest BCUT2D eigenvalue weighted by atomic mass is 10.2. The minimum Gasteiger partial charge on any atom is -0.351 e. The molecule has 2 aliphatic rings. The summed E-state index contributed by atoms with van der Waals surface area (Å²) < 4.78 is 0. The molecule has 1 aliphatic heterocycles. The molecule has 6 heteroatoms. The summed E-state index contributed by atoms with van der Waals surface area (Å²) >= 11 is 3.66. The molecule has 1 saturated carbocycles. The fourth-order valence-corrected chi connectivity index (χ4v) is 4.35. The van der Waals surface area contributed by atoms with Crippen molar-refractivity contribution >= 4 is 41.8 Å². The second-order valence-electron chi connectivity index (χ2n) is 4.12. The molecule has 3 nitrogen and oxygen atoms in total. The highest BCUT2D eigenvalue weighted by molar-refractivity contribution is 8.07. The van der Waals surface area contributed by atoms with Crippen molar-refractivity contribution in [3.63, 3.8) is 0 Å². The van der Waals surface area contributed by atoms with Crippen LogP contribution in [0.2, 0.25) is 0 Å². The molecule has 2 unspecified atom stereocenters. The lowest BCUT2D eigenvalue weighted by Crippen LogP contribution is -2.46. The normalized spacial score (nSPS) is 26.7. The fourth-order valence-electron chi connectivity index (χ4n) is 1.78. The van der Waals surface area contributed by atoms with Gasteiger partial charge in [0.05, 0.1) is 5.25 Å². The molecule has 0 bridgehead atoms. The van der Waals surface area contributed by atoms with Gasteiger partial charge in [0.15, 0.2) is 0 Å². The zero-order valence-corrected chi connectivity index (χ0v) is 11.6. The highest BCUT2D eigenvalue weighted by Crippen LogP contribution is 2.32. The molecule has 1 heterocycles. The number of carbonyl (C=O) groups excluding carboxylic acids is 1. The van der Waals surface area contributed by atoms with Crippen molar-refractivity contribution in [2.45, 2.75) is 24.1 Å². The van der Waals surface area contributed by atoms with Gasteiger partial charge in [0, 0.05) is 29.8 Å². The van der Waals surface area contributed by atoms with Crippen LogP contribution < -0.4 is 11.1 Å². The van der Waals surface area contributed by atoms with Crippen LogP contribution in [0.25, 0.3) is 0 Å². The Morgan fingerprint density at radius 1 is 1.44 bits per heavy atom. The van der Waals surface area contributed by atoms with E-state index >= 15 is 0 Å². The topological polar surface area (TPSA) is 55.1 Å². The van der Waals surface area contributed by atoms with Crippen molar-refractivity contribution < 1.29 is 4.79 Å². The summed E-state index contributed by atoms with van der Waals surface area (Å²) in [7, 11) is 0. The van der Waals surface area contributed by atoms with E-state index in [1.807, 2.05) is 11.8 Å². The molecule has 0 aromatic carbocycles. The van der Waals surface area contributed by atoms with Gasteiger partial charge in [-0.25, -0.2) is 0 Å². The quantitative estimate of drug-likeness (QED) is 0.811. The van der Waals surface area contributed by atoms with Crippen molar-refractivity contribution in [2.24, 2.45) is 11.7 Å². The Bertz CT molecular complexity index is 233.